The van der Waals surface area contributed by atoms with Crippen LogP contribution in [-0.2, 0) is 4.79 Å². The second-order valence-corrected chi connectivity index (χ2v) is 4.60. The lowest BCUT2D eigenvalue weighted by atomic mass is 10.0. The van der Waals surface area contributed by atoms with Gasteiger partial charge in [0.05, 0.1) is 13.2 Å². The molecule has 1 aromatic carbocycles. The maximum atomic E-state index is 12.0. The number of benzene rings is 1. The average molecular weight is 260 g/mol. The van der Waals surface area contributed by atoms with E-state index in [1.807, 2.05) is 39.8 Å². The minimum Gasteiger partial charge on any atom is -0.496 e. The van der Waals surface area contributed by atoms with Gasteiger partial charge < -0.3 is 10.1 Å². The zero-order chi connectivity index (χ0) is 14.6. The van der Waals surface area contributed by atoms with Gasteiger partial charge >= 0.3 is 0 Å². The molecule has 0 saturated heterocycles. The highest BCUT2D eigenvalue weighted by Gasteiger charge is 2.18. The molecule has 1 aromatic rings. The van der Waals surface area contributed by atoms with Crippen molar-refractivity contribution in [3.63, 3.8) is 0 Å². The Balaban J connectivity index is 3.13. The number of hydrogen-bond acceptors (Lipinski definition) is 3. The molecular weight excluding hydrogens is 240 g/mol. The number of nitrogens with zero attached hydrogens (tertiary/aromatic N) is 1. The van der Waals surface area contributed by atoms with E-state index in [1.165, 1.54) is 0 Å². The van der Waals surface area contributed by atoms with Crippen molar-refractivity contribution in [2.45, 2.75) is 34.1 Å². The van der Waals surface area contributed by atoms with Crippen LogP contribution in [0.15, 0.2) is 6.07 Å². The molecule has 0 heterocycles. The number of nitriles is 1. The molecule has 19 heavy (non-hydrogen) atoms. The Hall–Kier alpha value is -2.02. The summed E-state index contributed by atoms with van der Waals surface area (Å²) >= 11 is 0. The number of carbonyl (C=O) groups excluding carboxylic acids is 1. The van der Waals surface area contributed by atoms with Gasteiger partial charge in [-0.15, -0.1) is 0 Å². The summed E-state index contributed by atoms with van der Waals surface area (Å²) in [5, 5.41) is 11.8. The van der Waals surface area contributed by atoms with Crippen LogP contribution in [0.1, 0.15) is 30.0 Å². The predicted molar refractivity (Wildman–Crippen MR) is 75.2 cm³/mol. The number of nitrogens with one attached hydrogen (secondary N) is 1. The van der Waals surface area contributed by atoms with Gasteiger partial charge in [0.1, 0.15) is 11.7 Å². The predicted octanol–water partition coefficient (Wildman–Crippen LogP) is 3.11. The molecule has 0 aliphatic rings. The van der Waals surface area contributed by atoms with E-state index in [0.29, 0.717) is 6.42 Å². The van der Waals surface area contributed by atoms with E-state index in [9.17, 15) is 4.79 Å². The fraction of sp³-hybridized carbons (Fsp3) is 0.467. The zero-order valence-electron chi connectivity index (χ0n) is 12.1. The fourth-order valence-corrected chi connectivity index (χ4v) is 2.00. The Morgan fingerprint density at radius 3 is 2.53 bits per heavy atom. The molecule has 102 valence electrons. The number of rotatable bonds is 4. The van der Waals surface area contributed by atoms with Gasteiger partial charge in [0, 0.05) is 5.69 Å². The Labute approximate surface area is 114 Å². The second-order valence-electron chi connectivity index (χ2n) is 4.60. The van der Waals surface area contributed by atoms with Crippen molar-refractivity contribution in [1.29, 1.82) is 5.26 Å². The minimum absolute atomic E-state index is 0.249. The molecule has 0 fully saturated rings. The molecule has 0 spiro atoms. The molecule has 0 aliphatic heterocycles. The smallest absolute Gasteiger partial charge is 0.241 e. The van der Waals surface area contributed by atoms with Crippen LogP contribution >= 0.6 is 0 Å². The van der Waals surface area contributed by atoms with E-state index in [0.717, 1.165) is 28.1 Å². The summed E-state index contributed by atoms with van der Waals surface area (Å²) in [4.78, 5) is 12.0. The quantitative estimate of drug-likeness (QED) is 0.904. The van der Waals surface area contributed by atoms with Crippen molar-refractivity contribution in [1.82, 2.24) is 0 Å². The van der Waals surface area contributed by atoms with Gasteiger partial charge in [-0.2, -0.15) is 5.26 Å². The molecule has 1 amide bonds. The van der Waals surface area contributed by atoms with Gasteiger partial charge in [0.25, 0.3) is 0 Å². The highest BCUT2D eigenvalue weighted by atomic mass is 16.5. The first-order valence-corrected chi connectivity index (χ1v) is 6.31. The van der Waals surface area contributed by atoms with E-state index in [1.54, 1.807) is 7.11 Å². The lowest BCUT2D eigenvalue weighted by molar-refractivity contribution is -0.118. The number of ether oxygens (including phenoxy) is 1. The molecule has 0 bridgehead atoms. The van der Waals surface area contributed by atoms with Crippen LogP contribution in [0.3, 0.4) is 0 Å². The molecule has 1 atom stereocenters. The van der Waals surface area contributed by atoms with Crippen molar-refractivity contribution in [3.8, 4) is 11.8 Å². The Bertz CT molecular complexity index is 530. The highest BCUT2D eigenvalue weighted by Crippen LogP contribution is 2.31. The molecule has 0 radical (unpaired) electrons. The lowest BCUT2D eigenvalue weighted by Crippen LogP contribution is -2.22. The van der Waals surface area contributed by atoms with Crippen molar-refractivity contribution in [3.05, 3.63) is 22.8 Å². The normalized spacial score (nSPS) is 11.6. The summed E-state index contributed by atoms with van der Waals surface area (Å²) in [6, 6.07) is 3.91. The zero-order valence-corrected chi connectivity index (χ0v) is 12.1. The van der Waals surface area contributed by atoms with Crippen LogP contribution in [0.4, 0.5) is 5.69 Å². The number of aryl methyl sites for hydroxylation is 1. The largest absolute Gasteiger partial charge is 0.496 e. The first-order valence-electron chi connectivity index (χ1n) is 6.31. The monoisotopic (exact) mass is 260 g/mol. The number of carbonyl (C=O) groups is 1. The summed E-state index contributed by atoms with van der Waals surface area (Å²) in [6.07, 6.45) is 0.509. The summed E-state index contributed by atoms with van der Waals surface area (Å²) < 4.78 is 5.29. The summed E-state index contributed by atoms with van der Waals surface area (Å²) in [7, 11) is 1.63. The summed E-state index contributed by atoms with van der Waals surface area (Å²) in [5.74, 6) is -0.0534. The molecule has 4 nitrogen and oxygen atoms in total. The van der Waals surface area contributed by atoms with Gasteiger partial charge in [-0.05, 0) is 49.9 Å². The molecule has 1 unspecified atom stereocenters. The standard InChI is InChI=1S/C15H20N2O2/c1-6-12(8-16)15(18)17-14-9(2)7-13(19-5)10(3)11(14)4/h7,12H,6H2,1-5H3,(H,17,18). The highest BCUT2D eigenvalue weighted by molar-refractivity contribution is 5.95. The Kier molecular flexibility index (Phi) is 4.94. The van der Waals surface area contributed by atoms with Gasteiger partial charge in [-0.3, -0.25) is 4.79 Å². The number of methoxy groups -OCH3 is 1. The third-order valence-corrected chi connectivity index (χ3v) is 3.40. The minimum atomic E-state index is -0.610. The van der Waals surface area contributed by atoms with Crippen molar-refractivity contribution in [2.75, 3.05) is 12.4 Å². The maximum Gasteiger partial charge on any atom is 0.241 e. The topological polar surface area (TPSA) is 62.1 Å². The van der Waals surface area contributed by atoms with Gasteiger partial charge in [0.15, 0.2) is 0 Å². The molecule has 0 aromatic heterocycles. The number of hydrogen-bond donors (Lipinski definition) is 1. The van der Waals surface area contributed by atoms with Crippen LogP contribution in [0.5, 0.6) is 5.75 Å². The molecule has 0 saturated carbocycles. The van der Waals surface area contributed by atoms with E-state index < -0.39 is 5.92 Å². The Morgan fingerprint density at radius 2 is 2.05 bits per heavy atom. The first-order chi connectivity index (χ1) is 8.96. The van der Waals surface area contributed by atoms with Crippen LogP contribution < -0.4 is 10.1 Å². The lowest BCUT2D eigenvalue weighted by Gasteiger charge is -2.17. The van der Waals surface area contributed by atoms with E-state index in [-0.39, 0.29) is 5.91 Å². The van der Waals surface area contributed by atoms with Gasteiger partial charge in [0.2, 0.25) is 5.91 Å². The van der Waals surface area contributed by atoms with Crippen LogP contribution in [-0.4, -0.2) is 13.0 Å². The SMILES string of the molecule is CCC(C#N)C(=O)Nc1c(C)cc(OC)c(C)c1C. The van der Waals surface area contributed by atoms with E-state index >= 15 is 0 Å². The third kappa shape index (κ3) is 3.05. The van der Waals surface area contributed by atoms with Crippen LogP contribution in [0, 0.1) is 38.0 Å². The Morgan fingerprint density at radius 1 is 1.42 bits per heavy atom. The second kappa shape index (κ2) is 6.24. The van der Waals surface area contributed by atoms with E-state index in [4.69, 9.17) is 10.00 Å². The van der Waals surface area contributed by atoms with Crippen LogP contribution in [0.2, 0.25) is 0 Å². The maximum absolute atomic E-state index is 12.0. The van der Waals surface area contributed by atoms with Crippen molar-refractivity contribution < 1.29 is 9.53 Å². The number of anilines is 1. The molecule has 4 heteroatoms. The first kappa shape index (κ1) is 15.0. The van der Waals surface area contributed by atoms with Gasteiger partial charge in [-0.25, -0.2) is 0 Å². The van der Waals surface area contributed by atoms with Gasteiger partial charge in [-0.1, -0.05) is 6.92 Å². The molecule has 1 N–H and O–H groups in total. The molecular formula is C15H20N2O2. The molecule has 1 rings (SSSR count). The average Bonchev–Trinajstić information content (AvgIpc) is 2.40. The van der Waals surface area contributed by atoms with Crippen molar-refractivity contribution in [2.24, 2.45) is 5.92 Å². The summed E-state index contributed by atoms with van der Waals surface area (Å²) in [5.41, 5.74) is 3.67. The fourth-order valence-electron chi connectivity index (χ4n) is 2.00. The van der Waals surface area contributed by atoms with Crippen molar-refractivity contribution >= 4 is 11.6 Å². The van der Waals surface area contributed by atoms with Crippen LogP contribution in [0.25, 0.3) is 0 Å². The third-order valence-electron chi connectivity index (χ3n) is 3.40. The number of amides is 1. The summed E-state index contributed by atoms with van der Waals surface area (Å²) in [6.45, 7) is 7.63. The van der Waals surface area contributed by atoms with E-state index in [2.05, 4.69) is 5.32 Å². The molecule has 0 aliphatic carbocycles.